The highest BCUT2D eigenvalue weighted by Gasteiger charge is 2.20. The van der Waals surface area contributed by atoms with Crippen molar-refractivity contribution in [2.75, 3.05) is 26.3 Å². The minimum absolute atomic E-state index is 0.170. The van der Waals surface area contributed by atoms with Crippen LogP contribution >= 0.6 is 0 Å². The molecule has 0 aliphatic carbocycles. The average Bonchev–Trinajstić information content (AvgIpc) is 2.34. The Balaban J connectivity index is 4.36. The van der Waals surface area contributed by atoms with Crippen LogP contribution in [0.5, 0.6) is 0 Å². The van der Waals surface area contributed by atoms with Crippen molar-refractivity contribution in [3.8, 4) is 0 Å². The van der Waals surface area contributed by atoms with Crippen LogP contribution in [0.2, 0.25) is 0 Å². The van der Waals surface area contributed by atoms with Crippen molar-refractivity contribution in [2.45, 2.75) is 13.8 Å². The Kier molecular flexibility index (Phi) is 7.85. The first-order valence-corrected chi connectivity index (χ1v) is 7.33. The number of hydrogen-bond acceptors (Lipinski definition) is 6. The van der Waals surface area contributed by atoms with Crippen molar-refractivity contribution in [3.63, 3.8) is 0 Å². The van der Waals surface area contributed by atoms with Gasteiger partial charge < -0.3 is 9.47 Å². The fraction of sp³-hybridized carbons (Fsp3) is 0.500. The van der Waals surface area contributed by atoms with Gasteiger partial charge in [-0.3, -0.25) is 4.55 Å². The van der Waals surface area contributed by atoms with Crippen molar-refractivity contribution >= 4 is 22.2 Å². The monoisotopic (exact) mass is 321 g/mol. The van der Waals surface area contributed by atoms with E-state index in [4.69, 9.17) is 14.0 Å². The Morgan fingerprint density at radius 1 is 1.00 bits per heavy atom. The van der Waals surface area contributed by atoms with Gasteiger partial charge in [-0.1, -0.05) is 13.2 Å². The van der Waals surface area contributed by atoms with E-state index in [1.807, 2.05) is 0 Å². The summed E-state index contributed by atoms with van der Waals surface area (Å²) in [5.74, 6) is -1.34. The van der Waals surface area contributed by atoms with E-state index in [2.05, 4.69) is 13.2 Å². The molecule has 0 aliphatic heterocycles. The lowest BCUT2D eigenvalue weighted by molar-refractivity contribution is -0.139. The van der Waals surface area contributed by atoms with Crippen LogP contribution in [-0.4, -0.2) is 55.5 Å². The molecule has 8 nitrogen and oxygen atoms in total. The fourth-order valence-electron chi connectivity index (χ4n) is 1.07. The Labute approximate surface area is 123 Å². The number of esters is 2. The number of carbonyl (C=O) groups excluding carboxylic acids is 2. The highest BCUT2D eigenvalue weighted by Crippen LogP contribution is 2.00. The Bertz CT molecular complexity index is 492. The van der Waals surface area contributed by atoms with E-state index in [0.717, 1.165) is 0 Å². The summed E-state index contributed by atoms with van der Waals surface area (Å²) < 4.78 is 41.3. The van der Waals surface area contributed by atoms with E-state index < -0.39 is 22.2 Å². The summed E-state index contributed by atoms with van der Waals surface area (Å²) >= 11 is 0. The Morgan fingerprint density at radius 2 is 1.33 bits per heavy atom. The molecule has 0 aromatic carbocycles. The van der Waals surface area contributed by atoms with Crippen molar-refractivity contribution in [1.29, 1.82) is 0 Å². The molecule has 0 saturated heterocycles. The van der Waals surface area contributed by atoms with Gasteiger partial charge in [0.15, 0.2) is 0 Å². The van der Waals surface area contributed by atoms with Gasteiger partial charge in [0.25, 0.3) is 0 Å². The van der Waals surface area contributed by atoms with E-state index in [9.17, 15) is 18.0 Å². The first kappa shape index (κ1) is 19.3. The molecular formula is C12H19NO7S. The zero-order valence-electron chi connectivity index (χ0n) is 12.0. The van der Waals surface area contributed by atoms with Gasteiger partial charge in [-0.25, -0.2) is 9.59 Å². The summed E-state index contributed by atoms with van der Waals surface area (Å²) in [7, 11) is -4.50. The maximum Gasteiger partial charge on any atom is 0.336 e. The van der Waals surface area contributed by atoms with Crippen LogP contribution in [0.15, 0.2) is 24.3 Å². The molecule has 9 heteroatoms. The molecule has 0 aromatic heterocycles. The van der Waals surface area contributed by atoms with Gasteiger partial charge in [0, 0.05) is 11.1 Å². The number of hydrogen-bond donors (Lipinski definition) is 1. The number of ether oxygens (including phenoxy) is 2. The summed E-state index contributed by atoms with van der Waals surface area (Å²) in [6.45, 7) is 8.54. The summed E-state index contributed by atoms with van der Waals surface area (Å²) in [5, 5.41) is 0. The summed E-state index contributed by atoms with van der Waals surface area (Å²) in [6, 6.07) is 0. The van der Waals surface area contributed by atoms with E-state index in [1.165, 1.54) is 13.8 Å². The Hall–Kier alpha value is -1.71. The molecule has 0 unspecified atom stereocenters. The van der Waals surface area contributed by atoms with Crippen LogP contribution in [0.4, 0.5) is 0 Å². The molecule has 21 heavy (non-hydrogen) atoms. The van der Waals surface area contributed by atoms with Crippen LogP contribution < -0.4 is 0 Å². The zero-order valence-corrected chi connectivity index (χ0v) is 12.8. The lowest BCUT2D eigenvalue weighted by Gasteiger charge is -2.18. The molecule has 0 amide bonds. The predicted octanol–water partition coefficient (Wildman–Crippen LogP) is 0.330. The van der Waals surface area contributed by atoms with Gasteiger partial charge >= 0.3 is 22.2 Å². The molecule has 120 valence electrons. The fourth-order valence-corrected chi connectivity index (χ4v) is 1.68. The van der Waals surface area contributed by atoms with Gasteiger partial charge in [0.05, 0.1) is 13.1 Å². The van der Waals surface area contributed by atoms with Gasteiger partial charge in [-0.15, -0.1) is 0 Å². The molecule has 0 spiro atoms. The third kappa shape index (κ3) is 8.23. The van der Waals surface area contributed by atoms with Crippen LogP contribution in [0.3, 0.4) is 0 Å². The maximum absolute atomic E-state index is 11.1. The molecule has 0 saturated carbocycles. The second-order valence-corrected chi connectivity index (χ2v) is 5.62. The normalized spacial score (nSPS) is 11.0. The minimum Gasteiger partial charge on any atom is -0.461 e. The first-order chi connectivity index (χ1) is 9.55. The minimum atomic E-state index is -4.50. The zero-order chi connectivity index (χ0) is 16.6. The van der Waals surface area contributed by atoms with E-state index in [1.54, 1.807) is 0 Å². The van der Waals surface area contributed by atoms with E-state index >= 15 is 0 Å². The standard InChI is InChI=1S/C12H19NO7S/c1-9(2)11(14)19-7-5-13(21(16,17)18)6-8-20-12(15)10(3)4/h1,3,5-8H2,2,4H3,(H,16,17,18). The molecule has 0 atom stereocenters. The largest absolute Gasteiger partial charge is 0.461 e. The van der Waals surface area contributed by atoms with E-state index in [0.29, 0.717) is 4.31 Å². The molecule has 0 aromatic rings. The molecule has 0 rings (SSSR count). The molecule has 0 fully saturated rings. The highest BCUT2D eigenvalue weighted by molar-refractivity contribution is 7.83. The van der Waals surface area contributed by atoms with Gasteiger partial charge in [0.2, 0.25) is 0 Å². The quantitative estimate of drug-likeness (QED) is 0.370. The summed E-state index contributed by atoms with van der Waals surface area (Å²) in [4.78, 5) is 22.2. The van der Waals surface area contributed by atoms with Crippen molar-refractivity contribution in [3.05, 3.63) is 24.3 Å². The van der Waals surface area contributed by atoms with E-state index in [-0.39, 0.29) is 37.4 Å². The maximum atomic E-state index is 11.1. The number of nitrogens with zero attached hydrogens (tertiary/aromatic N) is 1. The molecule has 0 heterocycles. The second-order valence-electron chi connectivity index (χ2n) is 4.21. The van der Waals surface area contributed by atoms with Crippen LogP contribution in [0.25, 0.3) is 0 Å². The van der Waals surface area contributed by atoms with Crippen molar-refractivity contribution < 1.29 is 32.0 Å². The second kappa shape index (κ2) is 8.55. The van der Waals surface area contributed by atoms with Gasteiger partial charge in [0.1, 0.15) is 13.2 Å². The Morgan fingerprint density at radius 3 is 1.57 bits per heavy atom. The lowest BCUT2D eigenvalue weighted by Crippen LogP contribution is -2.37. The molecule has 0 bridgehead atoms. The lowest BCUT2D eigenvalue weighted by atomic mass is 10.4. The molecule has 1 N–H and O–H groups in total. The molecule has 0 radical (unpaired) electrons. The van der Waals surface area contributed by atoms with Crippen molar-refractivity contribution in [1.82, 2.24) is 4.31 Å². The van der Waals surface area contributed by atoms with Gasteiger partial charge in [-0.05, 0) is 13.8 Å². The average molecular weight is 321 g/mol. The third-order valence-electron chi connectivity index (χ3n) is 2.17. The van der Waals surface area contributed by atoms with Crippen LogP contribution in [0.1, 0.15) is 13.8 Å². The van der Waals surface area contributed by atoms with Crippen LogP contribution in [-0.2, 0) is 29.4 Å². The summed E-state index contributed by atoms with van der Waals surface area (Å²) in [6.07, 6.45) is 0. The molecular weight excluding hydrogens is 302 g/mol. The smallest absolute Gasteiger partial charge is 0.336 e. The molecule has 0 aliphatic rings. The predicted molar refractivity (Wildman–Crippen MR) is 74.7 cm³/mol. The van der Waals surface area contributed by atoms with Crippen LogP contribution in [0, 0.1) is 0 Å². The van der Waals surface area contributed by atoms with Gasteiger partial charge in [-0.2, -0.15) is 12.7 Å². The first-order valence-electron chi connectivity index (χ1n) is 5.93. The summed E-state index contributed by atoms with van der Waals surface area (Å²) in [5.41, 5.74) is 0.340. The number of rotatable bonds is 9. The topological polar surface area (TPSA) is 110 Å². The highest BCUT2D eigenvalue weighted by atomic mass is 32.2. The third-order valence-corrected chi connectivity index (χ3v) is 3.19. The SMILES string of the molecule is C=C(C)C(=O)OCCN(CCOC(=O)C(=C)C)S(=O)(=O)O. The van der Waals surface area contributed by atoms with Crippen molar-refractivity contribution in [2.24, 2.45) is 0 Å². The number of carbonyl (C=O) groups is 2.